The van der Waals surface area contributed by atoms with Gasteiger partial charge in [-0.05, 0) is 36.0 Å². The Kier molecular flexibility index (Phi) is 6.00. The fourth-order valence-corrected chi connectivity index (χ4v) is 3.16. The van der Waals surface area contributed by atoms with Crippen molar-refractivity contribution in [2.24, 2.45) is 16.7 Å². The maximum Gasteiger partial charge on any atom is 0.300 e. The van der Waals surface area contributed by atoms with Gasteiger partial charge in [0.15, 0.2) is 0 Å². The Morgan fingerprint density at radius 3 is 1.53 bits per heavy atom. The van der Waals surface area contributed by atoms with Gasteiger partial charge in [-0.3, -0.25) is 9.59 Å². The van der Waals surface area contributed by atoms with E-state index in [4.69, 9.17) is 19.8 Å². The van der Waals surface area contributed by atoms with Gasteiger partial charge in [0.1, 0.15) is 0 Å². The lowest BCUT2D eigenvalue weighted by Gasteiger charge is -2.36. The van der Waals surface area contributed by atoms with Gasteiger partial charge >= 0.3 is 0 Å². The van der Waals surface area contributed by atoms with Crippen LogP contribution in [-0.4, -0.2) is 33.4 Å². The summed E-state index contributed by atoms with van der Waals surface area (Å²) in [6, 6.07) is 0. The first-order valence-electron chi connectivity index (χ1n) is 6.52. The van der Waals surface area contributed by atoms with E-state index in [1.54, 1.807) is 0 Å². The Balaban J connectivity index is 0.000000342. The number of carboxylic acid groups (broad SMARTS) is 2. The van der Waals surface area contributed by atoms with Gasteiger partial charge in [0.05, 0.1) is 6.10 Å². The van der Waals surface area contributed by atoms with Gasteiger partial charge in [-0.25, -0.2) is 0 Å². The molecule has 5 heteroatoms. The highest BCUT2D eigenvalue weighted by Gasteiger charge is 2.60. The van der Waals surface area contributed by atoms with Gasteiger partial charge in [0, 0.05) is 13.8 Å². The van der Waals surface area contributed by atoms with Crippen LogP contribution in [0.3, 0.4) is 0 Å². The van der Waals surface area contributed by atoms with Crippen molar-refractivity contribution in [3.05, 3.63) is 0 Å². The van der Waals surface area contributed by atoms with E-state index in [1.165, 1.54) is 12.8 Å². The minimum absolute atomic E-state index is 0.0313. The van der Waals surface area contributed by atoms with Crippen molar-refractivity contribution in [3.8, 4) is 0 Å². The molecule has 2 saturated carbocycles. The third kappa shape index (κ3) is 4.20. The maximum absolute atomic E-state index is 9.81. The molecule has 112 valence electrons. The summed E-state index contributed by atoms with van der Waals surface area (Å²) in [4.78, 5) is 18.0. The summed E-state index contributed by atoms with van der Waals surface area (Å²) in [6.45, 7) is 9.06. The van der Waals surface area contributed by atoms with Crippen LogP contribution in [0.4, 0.5) is 0 Å². The molecule has 3 N–H and O–H groups in total. The van der Waals surface area contributed by atoms with Crippen LogP contribution in [0.1, 0.15) is 53.9 Å². The summed E-state index contributed by atoms with van der Waals surface area (Å²) >= 11 is 0. The quantitative estimate of drug-likeness (QED) is 0.630. The standard InChI is InChI=1S/C10H18O.2C2H4O2/c1-9(2)7-4-5-10(9,3)8(11)6-7;2*1-2(3)4/h7-8,11H,4-6H2,1-3H3;2*1H3,(H,3,4). The van der Waals surface area contributed by atoms with Crippen molar-refractivity contribution in [3.63, 3.8) is 0 Å². The predicted molar refractivity (Wildman–Crippen MR) is 71.9 cm³/mol. The minimum atomic E-state index is -0.833. The van der Waals surface area contributed by atoms with Crippen molar-refractivity contribution in [2.45, 2.75) is 60.0 Å². The van der Waals surface area contributed by atoms with E-state index in [0.717, 1.165) is 26.2 Å². The smallest absolute Gasteiger partial charge is 0.300 e. The molecule has 0 amide bonds. The lowest BCUT2D eigenvalue weighted by Crippen LogP contribution is -2.35. The molecule has 2 fully saturated rings. The second-order valence-electron chi connectivity index (χ2n) is 6.16. The predicted octanol–water partition coefficient (Wildman–Crippen LogP) is 2.38. The maximum atomic E-state index is 9.81. The number of aliphatic hydroxyl groups is 1. The Bertz CT molecular complexity index is 317. The van der Waals surface area contributed by atoms with E-state index in [-0.39, 0.29) is 11.5 Å². The van der Waals surface area contributed by atoms with Gasteiger partial charge in [-0.2, -0.15) is 0 Å². The highest BCUT2D eigenvalue weighted by atomic mass is 16.4. The molecule has 0 saturated heterocycles. The fraction of sp³-hybridized carbons (Fsp3) is 0.857. The summed E-state index contributed by atoms with van der Waals surface area (Å²) in [6.07, 6.45) is 3.58. The lowest BCUT2D eigenvalue weighted by molar-refractivity contribution is -0.135. The molecule has 2 rings (SSSR count). The van der Waals surface area contributed by atoms with Crippen LogP contribution in [0.2, 0.25) is 0 Å². The number of carboxylic acids is 2. The van der Waals surface area contributed by atoms with Crippen molar-refractivity contribution in [1.29, 1.82) is 0 Å². The first-order valence-corrected chi connectivity index (χ1v) is 6.52. The van der Waals surface area contributed by atoms with Crippen LogP contribution in [0.15, 0.2) is 0 Å². The summed E-state index contributed by atoms with van der Waals surface area (Å²) in [5.74, 6) is -0.887. The highest BCUT2D eigenvalue weighted by molar-refractivity contribution is 5.63. The van der Waals surface area contributed by atoms with E-state index < -0.39 is 11.9 Å². The van der Waals surface area contributed by atoms with Gasteiger partial charge in [0.2, 0.25) is 0 Å². The second-order valence-corrected chi connectivity index (χ2v) is 6.16. The van der Waals surface area contributed by atoms with Crippen LogP contribution < -0.4 is 0 Å². The Morgan fingerprint density at radius 2 is 1.42 bits per heavy atom. The number of aliphatic carboxylic acids is 2. The van der Waals surface area contributed by atoms with Crippen molar-refractivity contribution < 1.29 is 24.9 Å². The Labute approximate surface area is 114 Å². The summed E-state index contributed by atoms with van der Waals surface area (Å²) in [5, 5.41) is 24.6. The molecular weight excluding hydrogens is 248 g/mol. The molecule has 0 heterocycles. The van der Waals surface area contributed by atoms with Crippen LogP contribution in [-0.2, 0) is 9.59 Å². The average Bonchev–Trinajstić information content (AvgIpc) is 2.48. The zero-order valence-corrected chi connectivity index (χ0v) is 12.4. The first-order chi connectivity index (χ1) is 8.45. The monoisotopic (exact) mass is 274 g/mol. The van der Waals surface area contributed by atoms with Gasteiger partial charge in [-0.1, -0.05) is 20.8 Å². The SMILES string of the molecule is CC(=O)O.CC(=O)O.CC1(C)C2CCC1(C)C(O)C2. The molecule has 0 spiro atoms. The molecule has 2 aliphatic carbocycles. The second kappa shape index (κ2) is 6.37. The molecule has 0 aliphatic heterocycles. The lowest BCUT2D eigenvalue weighted by atomic mass is 9.70. The fourth-order valence-electron chi connectivity index (χ4n) is 3.16. The molecule has 5 nitrogen and oxygen atoms in total. The van der Waals surface area contributed by atoms with E-state index in [0.29, 0.717) is 5.41 Å². The average molecular weight is 274 g/mol. The van der Waals surface area contributed by atoms with Crippen molar-refractivity contribution >= 4 is 11.9 Å². The van der Waals surface area contributed by atoms with Crippen LogP contribution in [0.5, 0.6) is 0 Å². The summed E-state index contributed by atoms with van der Waals surface area (Å²) in [7, 11) is 0. The van der Waals surface area contributed by atoms with Gasteiger partial charge in [0.25, 0.3) is 11.9 Å². The van der Waals surface area contributed by atoms with E-state index in [9.17, 15) is 5.11 Å². The zero-order valence-electron chi connectivity index (χ0n) is 12.4. The minimum Gasteiger partial charge on any atom is -0.481 e. The molecular formula is C14H26O5. The number of fused-ring (bicyclic) bond motifs is 2. The number of aliphatic hydroxyl groups excluding tert-OH is 1. The largest absolute Gasteiger partial charge is 0.481 e. The Morgan fingerprint density at radius 1 is 1.05 bits per heavy atom. The topological polar surface area (TPSA) is 94.8 Å². The van der Waals surface area contributed by atoms with Crippen LogP contribution >= 0.6 is 0 Å². The summed E-state index contributed by atoms with van der Waals surface area (Å²) < 4.78 is 0. The molecule has 0 aromatic carbocycles. The number of hydrogen-bond donors (Lipinski definition) is 3. The zero-order chi connectivity index (χ0) is 15.4. The van der Waals surface area contributed by atoms with Gasteiger partial charge in [-0.15, -0.1) is 0 Å². The molecule has 0 aromatic heterocycles. The molecule has 3 unspecified atom stereocenters. The molecule has 0 radical (unpaired) electrons. The first kappa shape index (κ1) is 17.9. The van der Waals surface area contributed by atoms with Gasteiger partial charge < -0.3 is 15.3 Å². The third-order valence-electron chi connectivity index (χ3n) is 4.75. The molecule has 0 aromatic rings. The molecule has 19 heavy (non-hydrogen) atoms. The Hall–Kier alpha value is -1.10. The number of hydrogen-bond acceptors (Lipinski definition) is 3. The number of rotatable bonds is 0. The number of carbonyl (C=O) groups is 2. The molecule has 2 bridgehead atoms. The van der Waals surface area contributed by atoms with Crippen LogP contribution in [0, 0.1) is 16.7 Å². The molecule has 2 aliphatic rings. The van der Waals surface area contributed by atoms with Crippen molar-refractivity contribution in [1.82, 2.24) is 0 Å². The van der Waals surface area contributed by atoms with Crippen molar-refractivity contribution in [2.75, 3.05) is 0 Å². The molecule has 3 atom stereocenters. The van der Waals surface area contributed by atoms with Crippen LogP contribution in [0.25, 0.3) is 0 Å². The van der Waals surface area contributed by atoms with E-state index in [1.807, 2.05) is 0 Å². The third-order valence-corrected chi connectivity index (χ3v) is 4.75. The highest BCUT2D eigenvalue weighted by Crippen LogP contribution is 2.65. The van der Waals surface area contributed by atoms with E-state index >= 15 is 0 Å². The van der Waals surface area contributed by atoms with E-state index in [2.05, 4.69) is 20.8 Å². The summed E-state index contributed by atoms with van der Waals surface area (Å²) in [5.41, 5.74) is 0.601. The normalized spacial score (nSPS) is 33.6.